The van der Waals surface area contributed by atoms with Crippen LogP contribution >= 0.6 is 11.6 Å². The molecule has 2 N–H and O–H groups in total. The summed E-state index contributed by atoms with van der Waals surface area (Å²) in [6.45, 7) is 1.99. The largest absolute Gasteiger partial charge is 0.322 e. The normalized spacial score (nSPS) is 10.7. The summed E-state index contributed by atoms with van der Waals surface area (Å²) in [5, 5.41) is 6.82. The van der Waals surface area contributed by atoms with Crippen LogP contribution < -0.4 is 10.6 Å². The van der Waals surface area contributed by atoms with Crippen molar-refractivity contribution in [3.8, 4) is 11.3 Å². The molecule has 5 aromatic rings. The van der Waals surface area contributed by atoms with Gasteiger partial charge in [0, 0.05) is 27.9 Å². The van der Waals surface area contributed by atoms with Crippen molar-refractivity contribution in [3.63, 3.8) is 0 Å². The summed E-state index contributed by atoms with van der Waals surface area (Å²) >= 11 is 6.40. The number of rotatable bonds is 5. The molecule has 7 heteroatoms. The molecule has 0 spiro atoms. The third-order valence-electron chi connectivity index (χ3n) is 5.80. The Hall–Kier alpha value is -4.55. The molecule has 176 valence electrons. The summed E-state index contributed by atoms with van der Waals surface area (Å²) < 4.78 is 0. The fourth-order valence-electron chi connectivity index (χ4n) is 3.94. The molecule has 0 aliphatic heterocycles. The number of amides is 2. The average Bonchev–Trinajstić information content (AvgIpc) is 2.90. The van der Waals surface area contributed by atoms with Crippen LogP contribution in [0.2, 0.25) is 5.02 Å². The summed E-state index contributed by atoms with van der Waals surface area (Å²) in [7, 11) is 0. The first-order valence-electron chi connectivity index (χ1n) is 11.3. The maximum atomic E-state index is 13.0. The lowest BCUT2D eigenvalue weighted by atomic mass is 10.0. The minimum Gasteiger partial charge on any atom is -0.322 e. The number of nitrogens with zero attached hydrogens (tertiary/aromatic N) is 2. The summed E-state index contributed by atoms with van der Waals surface area (Å²) in [5.74, 6) is -0.687. The minimum atomic E-state index is -0.377. The van der Waals surface area contributed by atoms with E-state index in [0.717, 1.165) is 27.7 Å². The van der Waals surface area contributed by atoms with Gasteiger partial charge in [0.2, 0.25) is 0 Å². The smallest absolute Gasteiger partial charge is 0.257 e. The number of carbonyl (C=O) groups excluding carboxylic acids is 2. The van der Waals surface area contributed by atoms with E-state index in [2.05, 4.69) is 20.6 Å². The van der Waals surface area contributed by atoms with Crippen LogP contribution in [0.15, 0.2) is 97.3 Å². The number of aryl methyl sites for hydroxylation is 1. The first-order valence-corrected chi connectivity index (χ1v) is 11.7. The average molecular weight is 493 g/mol. The Morgan fingerprint density at radius 3 is 2.31 bits per heavy atom. The Labute approximate surface area is 213 Å². The zero-order valence-electron chi connectivity index (χ0n) is 19.3. The Morgan fingerprint density at radius 2 is 1.50 bits per heavy atom. The SMILES string of the molecule is Cc1ccc(NC(=O)c2ccc(C(=O)Nc3ccccc3)cc2Cl)cc1-c1ncnc2ccccc12. The van der Waals surface area contributed by atoms with Crippen LogP contribution in [0.3, 0.4) is 0 Å². The molecule has 0 bridgehead atoms. The molecule has 0 saturated carbocycles. The third kappa shape index (κ3) is 4.80. The highest BCUT2D eigenvalue weighted by atomic mass is 35.5. The van der Waals surface area contributed by atoms with E-state index in [1.54, 1.807) is 24.3 Å². The predicted octanol–water partition coefficient (Wildman–Crippen LogP) is 6.76. The lowest BCUT2D eigenvalue weighted by Gasteiger charge is -2.12. The molecule has 0 aliphatic carbocycles. The van der Waals surface area contributed by atoms with E-state index in [-0.39, 0.29) is 22.4 Å². The third-order valence-corrected chi connectivity index (χ3v) is 6.11. The zero-order chi connectivity index (χ0) is 25.1. The summed E-state index contributed by atoms with van der Waals surface area (Å²) in [4.78, 5) is 34.4. The summed E-state index contributed by atoms with van der Waals surface area (Å²) in [5.41, 5.74) is 5.45. The number of anilines is 2. The summed E-state index contributed by atoms with van der Waals surface area (Å²) in [6, 6.07) is 27.2. The monoisotopic (exact) mass is 492 g/mol. The van der Waals surface area contributed by atoms with E-state index < -0.39 is 0 Å². The van der Waals surface area contributed by atoms with Crippen molar-refractivity contribution in [1.29, 1.82) is 0 Å². The van der Waals surface area contributed by atoms with E-state index in [0.29, 0.717) is 16.9 Å². The van der Waals surface area contributed by atoms with E-state index in [1.807, 2.05) is 67.6 Å². The highest BCUT2D eigenvalue weighted by molar-refractivity contribution is 6.35. The fourth-order valence-corrected chi connectivity index (χ4v) is 4.20. The van der Waals surface area contributed by atoms with E-state index in [9.17, 15) is 9.59 Å². The number of para-hydroxylation sites is 2. The number of hydrogen-bond donors (Lipinski definition) is 2. The number of benzene rings is 4. The Balaban J connectivity index is 1.38. The highest BCUT2D eigenvalue weighted by Crippen LogP contribution is 2.30. The van der Waals surface area contributed by atoms with Gasteiger partial charge >= 0.3 is 0 Å². The van der Waals surface area contributed by atoms with Gasteiger partial charge in [-0.25, -0.2) is 9.97 Å². The van der Waals surface area contributed by atoms with Gasteiger partial charge in [-0.05, 0) is 61.0 Å². The molecule has 1 heterocycles. The fraction of sp³-hybridized carbons (Fsp3) is 0.0345. The number of carbonyl (C=O) groups is 2. The molecule has 5 rings (SSSR count). The molecule has 1 aromatic heterocycles. The van der Waals surface area contributed by atoms with Gasteiger partial charge < -0.3 is 10.6 Å². The van der Waals surface area contributed by atoms with Crippen LogP contribution in [-0.4, -0.2) is 21.8 Å². The molecule has 0 radical (unpaired) electrons. The van der Waals surface area contributed by atoms with Crippen LogP contribution in [0.1, 0.15) is 26.3 Å². The molecule has 0 unspecified atom stereocenters. The second kappa shape index (κ2) is 9.98. The number of halogens is 1. The van der Waals surface area contributed by atoms with Crippen LogP contribution in [0.25, 0.3) is 22.2 Å². The van der Waals surface area contributed by atoms with Gasteiger partial charge in [0.05, 0.1) is 21.8 Å². The highest BCUT2D eigenvalue weighted by Gasteiger charge is 2.16. The van der Waals surface area contributed by atoms with Gasteiger partial charge in [-0.15, -0.1) is 0 Å². The van der Waals surface area contributed by atoms with Gasteiger partial charge in [-0.3, -0.25) is 9.59 Å². The molecule has 0 aliphatic rings. The molecular weight excluding hydrogens is 472 g/mol. The first kappa shape index (κ1) is 23.2. The molecule has 4 aromatic carbocycles. The second-order valence-corrected chi connectivity index (χ2v) is 8.65. The molecular formula is C29H21ClN4O2. The van der Waals surface area contributed by atoms with Crippen LogP contribution in [0, 0.1) is 6.92 Å². The Morgan fingerprint density at radius 1 is 0.750 bits per heavy atom. The van der Waals surface area contributed by atoms with Crippen molar-refractivity contribution in [1.82, 2.24) is 9.97 Å². The Kier molecular flexibility index (Phi) is 6.43. The van der Waals surface area contributed by atoms with Crippen molar-refractivity contribution in [2.45, 2.75) is 6.92 Å². The summed E-state index contributed by atoms with van der Waals surface area (Å²) in [6.07, 6.45) is 1.54. The lowest BCUT2D eigenvalue weighted by Crippen LogP contribution is -2.15. The number of aromatic nitrogens is 2. The molecule has 6 nitrogen and oxygen atoms in total. The maximum Gasteiger partial charge on any atom is 0.257 e. The first-order chi connectivity index (χ1) is 17.5. The molecule has 0 fully saturated rings. The van der Waals surface area contributed by atoms with Crippen LogP contribution in [0.4, 0.5) is 11.4 Å². The van der Waals surface area contributed by atoms with Crippen LogP contribution in [-0.2, 0) is 0 Å². The van der Waals surface area contributed by atoms with Gasteiger partial charge in [-0.2, -0.15) is 0 Å². The number of fused-ring (bicyclic) bond motifs is 1. The van der Waals surface area contributed by atoms with Crippen molar-refractivity contribution in [2.24, 2.45) is 0 Å². The maximum absolute atomic E-state index is 13.0. The lowest BCUT2D eigenvalue weighted by molar-refractivity contribution is 0.101. The minimum absolute atomic E-state index is 0.183. The molecule has 0 saturated heterocycles. The molecule has 2 amide bonds. The van der Waals surface area contributed by atoms with E-state index >= 15 is 0 Å². The van der Waals surface area contributed by atoms with Crippen molar-refractivity contribution >= 4 is 45.7 Å². The molecule has 36 heavy (non-hydrogen) atoms. The Bertz CT molecular complexity index is 1600. The van der Waals surface area contributed by atoms with Crippen molar-refractivity contribution in [3.05, 3.63) is 119 Å². The van der Waals surface area contributed by atoms with Gasteiger partial charge in [0.1, 0.15) is 6.33 Å². The van der Waals surface area contributed by atoms with Crippen molar-refractivity contribution in [2.75, 3.05) is 10.6 Å². The predicted molar refractivity (Wildman–Crippen MR) is 144 cm³/mol. The van der Waals surface area contributed by atoms with Gasteiger partial charge in [0.25, 0.3) is 11.8 Å². The quantitative estimate of drug-likeness (QED) is 0.284. The van der Waals surface area contributed by atoms with E-state index in [1.165, 1.54) is 12.4 Å². The topological polar surface area (TPSA) is 84.0 Å². The number of hydrogen-bond acceptors (Lipinski definition) is 4. The molecule has 0 atom stereocenters. The second-order valence-electron chi connectivity index (χ2n) is 8.24. The zero-order valence-corrected chi connectivity index (χ0v) is 20.1. The van der Waals surface area contributed by atoms with Gasteiger partial charge in [-0.1, -0.05) is 54.1 Å². The van der Waals surface area contributed by atoms with Crippen LogP contribution in [0.5, 0.6) is 0 Å². The van der Waals surface area contributed by atoms with E-state index in [4.69, 9.17) is 11.6 Å². The van der Waals surface area contributed by atoms with Crippen molar-refractivity contribution < 1.29 is 9.59 Å². The number of nitrogens with one attached hydrogen (secondary N) is 2. The van der Waals surface area contributed by atoms with Gasteiger partial charge in [0.15, 0.2) is 0 Å². The standard InChI is InChI=1S/C29H21ClN4O2/c1-18-11-13-21(16-24(18)27-23-9-5-6-10-26(23)31-17-32-27)34-29(36)22-14-12-19(15-25(22)30)28(35)33-20-7-3-2-4-8-20/h2-17H,1H3,(H,33,35)(H,34,36).